The summed E-state index contributed by atoms with van der Waals surface area (Å²) in [7, 11) is 0. The van der Waals surface area contributed by atoms with Crippen LogP contribution in [0, 0.1) is 0 Å². The molecule has 0 aliphatic rings. The summed E-state index contributed by atoms with van der Waals surface area (Å²) >= 11 is 0. The van der Waals surface area contributed by atoms with Gasteiger partial charge in [-0.25, -0.2) is 0 Å². The molecule has 96 valence electrons. The van der Waals surface area contributed by atoms with Crippen molar-refractivity contribution in [2.24, 2.45) is 0 Å². The molecule has 1 aromatic rings. The van der Waals surface area contributed by atoms with Crippen LogP contribution in [0.3, 0.4) is 0 Å². The molecule has 3 heteroatoms. The molecule has 0 aliphatic carbocycles. The van der Waals surface area contributed by atoms with Crippen LogP contribution in [-0.2, 0) is 6.54 Å². The normalized spacial score (nSPS) is 10.5. The van der Waals surface area contributed by atoms with Crippen molar-refractivity contribution in [1.82, 2.24) is 5.32 Å². The van der Waals surface area contributed by atoms with E-state index in [1.54, 1.807) is 0 Å². The number of unbranched alkanes of at least 4 members (excludes halogenated alkanes) is 2. The van der Waals surface area contributed by atoms with Gasteiger partial charge in [-0.3, -0.25) is 0 Å². The van der Waals surface area contributed by atoms with E-state index in [2.05, 4.69) is 24.4 Å². The monoisotopic (exact) mass is 237 g/mol. The van der Waals surface area contributed by atoms with Crippen LogP contribution in [0.4, 0.5) is 0 Å². The van der Waals surface area contributed by atoms with Crippen LogP contribution in [0.2, 0.25) is 0 Å². The third kappa shape index (κ3) is 6.29. The van der Waals surface area contributed by atoms with E-state index in [0.717, 1.165) is 44.7 Å². The predicted octanol–water partition coefficient (Wildman–Crippen LogP) is 2.34. The Hall–Kier alpha value is -1.06. The molecule has 0 saturated carbocycles. The highest BCUT2D eigenvalue weighted by Crippen LogP contribution is 2.13. The van der Waals surface area contributed by atoms with Gasteiger partial charge in [-0.2, -0.15) is 0 Å². The maximum absolute atomic E-state index is 8.65. The molecule has 1 aromatic carbocycles. The Morgan fingerprint density at radius 2 is 2.12 bits per heavy atom. The third-order valence-corrected chi connectivity index (χ3v) is 2.55. The second-order valence-corrected chi connectivity index (χ2v) is 4.06. The lowest BCUT2D eigenvalue weighted by Gasteiger charge is -2.08. The first kappa shape index (κ1) is 14.0. The van der Waals surface area contributed by atoms with Gasteiger partial charge in [-0.05, 0) is 43.5 Å². The molecule has 1 rings (SSSR count). The fourth-order valence-electron chi connectivity index (χ4n) is 1.60. The van der Waals surface area contributed by atoms with Crippen LogP contribution in [-0.4, -0.2) is 24.9 Å². The molecule has 0 saturated heterocycles. The quantitative estimate of drug-likeness (QED) is 0.648. The lowest BCUT2D eigenvalue weighted by Crippen LogP contribution is -2.11. The molecule has 0 radical (unpaired) electrons. The van der Waals surface area contributed by atoms with Gasteiger partial charge in [0.15, 0.2) is 0 Å². The molecule has 0 bridgehead atoms. The zero-order valence-electron chi connectivity index (χ0n) is 10.6. The van der Waals surface area contributed by atoms with E-state index in [-0.39, 0.29) is 6.61 Å². The van der Waals surface area contributed by atoms with E-state index < -0.39 is 0 Å². The molecule has 0 atom stereocenters. The van der Waals surface area contributed by atoms with Crippen molar-refractivity contribution in [3.63, 3.8) is 0 Å². The van der Waals surface area contributed by atoms with E-state index >= 15 is 0 Å². The molecule has 0 amide bonds. The number of aliphatic hydroxyl groups excluding tert-OH is 1. The summed E-state index contributed by atoms with van der Waals surface area (Å²) in [5.74, 6) is 0.935. The first-order valence-corrected chi connectivity index (χ1v) is 6.40. The van der Waals surface area contributed by atoms with Gasteiger partial charge < -0.3 is 15.2 Å². The number of ether oxygens (including phenoxy) is 1. The molecule has 17 heavy (non-hydrogen) atoms. The Kier molecular flexibility index (Phi) is 7.43. The van der Waals surface area contributed by atoms with Crippen molar-refractivity contribution in [3.8, 4) is 5.75 Å². The minimum Gasteiger partial charge on any atom is -0.494 e. The van der Waals surface area contributed by atoms with Gasteiger partial charge in [0.05, 0.1) is 6.61 Å². The van der Waals surface area contributed by atoms with Crippen LogP contribution < -0.4 is 10.1 Å². The van der Waals surface area contributed by atoms with E-state index in [1.807, 2.05) is 12.1 Å². The summed E-state index contributed by atoms with van der Waals surface area (Å²) in [5, 5.41) is 11.9. The Bertz CT molecular complexity index is 302. The summed E-state index contributed by atoms with van der Waals surface area (Å²) < 4.78 is 5.66. The van der Waals surface area contributed by atoms with Gasteiger partial charge in [0.2, 0.25) is 0 Å². The zero-order valence-corrected chi connectivity index (χ0v) is 10.6. The van der Waals surface area contributed by atoms with Gasteiger partial charge in [-0.1, -0.05) is 19.1 Å². The van der Waals surface area contributed by atoms with Crippen LogP contribution in [0.5, 0.6) is 5.75 Å². The number of rotatable bonds is 9. The van der Waals surface area contributed by atoms with E-state index in [4.69, 9.17) is 9.84 Å². The van der Waals surface area contributed by atoms with Gasteiger partial charge in [-0.15, -0.1) is 0 Å². The van der Waals surface area contributed by atoms with Crippen LogP contribution >= 0.6 is 0 Å². The van der Waals surface area contributed by atoms with Gasteiger partial charge in [0, 0.05) is 13.2 Å². The first-order valence-electron chi connectivity index (χ1n) is 6.40. The standard InChI is InChI=1S/C14H23NO2/c1-2-15-12-13-7-6-8-14(11-13)17-10-5-3-4-9-16/h6-8,11,15-16H,2-5,9-10,12H2,1H3. The Morgan fingerprint density at radius 1 is 1.24 bits per heavy atom. The zero-order chi connectivity index (χ0) is 12.3. The fourth-order valence-corrected chi connectivity index (χ4v) is 1.60. The number of aliphatic hydroxyl groups is 1. The van der Waals surface area contributed by atoms with Crippen molar-refractivity contribution in [3.05, 3.63) is 29.8 Å². The molecule has 3 nitrogen and oxygen atoms in total. The van der Waals surface area contributed by atoms with Crippen LogP contribution in [0.15, 0.2) is 24.3 Å². The molecule has 0 unspecified atom stereocenters. The number of hydrogen-bond donors (Lipinski definition) is 2. The summed E-state index contributed by atoms with van der Waals surface area (Å²) in [4.78, 5) is 0. The van der Waals surface area contributed by atoms with Crippen LogP contribution in [0.25, 0.3) is 0 Å². The highest BCUT2D eigenvalue weighted by atomic mass is 16.5. The lowest BCUT2D eigenvalue weighted by atomic mass is 10.2. The Balaban J connectivity index is 2.27. The minimum absolute atomic E-state index is 0.276. The average Bonchev–Trinajstić information content (AvgIpc) is 2.37. The maximum atomic E-state index is 8.65. The predicted molar refractivity (Wildman–Crippen MR) is 70.3 cm³/mol. The molecule has 0 fully saturated rings. The van der Waals surface area contributed by atoms with Crippen molar-refractivity contribution < 1.29 is 9.84 Å². The van der Waals surface area contributed by atoms with E-state index in [9.17, 15) is 0 Å². The molecule has 0 heterocycles. The summed E-state index contributed by atoms with van der Waals surface area (Å²) in [6, 6.07) is 8.19. The van der Waals surface area contributed by atoms with E-state index in [1.165, 1.54) is 5.56 Å². The highest BCUT2D eigenvalue weighted by molar-refractivity contribution is 5.28. The Labute approximate surface area is 104 Å². The van der Waals surface area contributed by atoms with Crippen molar-refractivity contribution in [1.29, 1.82) is 0 Å². The molecular formula is C14H23NO2. The number of hydrogen-bond acceptors (Lipinski definition) is 3. The smallest absolute Gasteiger partial charge is 0.119 e. The fraction of sp³-hybridized carbons (Fsp3) is 0.571. The SMILES string of the molecule is CCNCc1cccc(OCCCCCO)c1. The molecule has 2 N–H and O–H groups in total. The second-order valence-electron chi connectivity index (χ2n) is 4.06. The number of benzene rings is 1. The first-order chi connectivity index (χ1) is 8.36. The second kappa shape index (κ2) is 9.02. The van der Waals surface area contributed by atoms with E-state index in [0.29, 0.717) is 0 Å². The molecule has 0 spiro atoms. The Morgan fingerprint density at radius 3 is 2.88 bits per heavy atom. The van der Waals surface area contributed by atoms with Crippen molar-refractivity contribution in [2.45, 2.75) is 32.7 Å². The minimum atomic E-state index is 0.276. The van der Waals surface area contributed by atoms with Gasteiger partial charge in [0.25, 0.3) is 0 Å². The molecular weight excluding hydrogens is 214 g/mol. The van der Waals surface area contributed by atoms with Gasteiger partial charge >= 0.3 is 0 Å². The summed E-state index contributed by atoms with van der Waals surface area (Å²) in [6.07, 6.45) is 2.88. The molecule has 0 aromatic heterocycles. The summed E-state index contributed by atoms with van der Waals surface area (Å²) in [5.41, 5.74) is 1.25. The lowest BCUT2D eigenvalue weighted by molar-refractivity contribution is 0.266. The number of nitrogens with one attached hydrogen (secondary N) is 1. The topological polar surface area (TPSA) is 41.5 Å². The van der Waals surface area contributed by atoms with Crippen molar-refractivity contribution >= 4 is 0 Å². The largest absolute Gasteiger partial charge is 0.494 e. The molecule has 0 aliphatic heterocycles. The third-order valence-electron chi connectivity index (χ3n) is 2.55. The highest BCUT2D eigenvalue weighted by Gasteiger charge is 1.96. The maximum Gasteiger partial charge on any atom is 0.119 e. The van der Waals surface area contributed by atoms with Crippen LogP contribution in [0.1, 0.15) is 31.7 Å². The van der Waals surface area contributed by atoms with Crippen molar-refractivity contribution in [2.75, 3.05) is 19.8 Å². The van der Waals surface area contributed by atoms with Gasteiger partial charge in [0.1, 0.15) is 5.75 Å². The summed E-state index contributed by atoms with van der Waals surface area (Å²) in [6.45, 7) is 4.97. The average molecular weight is 237 g/mol.